The van der Waals surface area contributed by atoms with Crippen molar-refractivity contribution in [2.24, 2.45) is 0 Å². The molecule has 0 radical (unpaired) electrons. The van der Waals surface area contributed by atoms with E-state index >= 15 is 0 Å². The zero-order valence-corrected chi connectivity index (χ0v) is 11.8. The van der Waals surface area contributed by atoms with Gasteiger partial charge in [0.2, 0.25) is 0 Å². The van der Waals surface area contributed by atoms with Gasteiger partial charge in [-0.05, 0) is 51.1 Å². The van der Waals surface area contributed by atoms with E-state index < -0.39 is 9.84 Å². The molecule has 16 heavy (non-hydrogen) atoms. The molecule has 1 unspecified atom stereocenters. The molecule has 1 heterocycles. The number of sulfone groups is 1. The lowest BCUT2D eigenvalue weighted by molar-refractivity contribution is 0.225. The number of rotatable bonds is 6. The maximum absolute atomic E-state index is 11.5. The van der Waals surface area contributed by atoms with Crippen molar-refractivity contribution in [1.29, 1.82) is 0 Å². The fourth-order valence-corrected chi connectivity index (χ4v) is 3.79. The lowest BCUT2D eigenvalue weighted by atomic mass is 10.1. The van der Waals surface area contributed by atoms with Crippen molar-refractivity contribution in [3.8, 4) is 0 Å². The summed E-state index contributed by atoms with van der Waals surface area (Å²) in [6, 6.07) is 0. The van der Waals surface area contributed by atoms with Gasteiger partial charge in [-0.3, -0.25) is 0 Å². The monoisotopic (exact) mass is 265 g/mol. The van der Waals surface area contributed by atoms with Crippen molar-refractivity contribution in [3.63, 3.8) is 0 Å². The van der Waals surface area contributed by atoms with Gasteiger partial charge >= 0.3 is 0 Å². The second-order valence-electron chi connectivity index (χ2n) is 4.65. The van der Waals surface area contributed by atoms with Crippen LogP contribution < -0.4 is 0 Å². The predicted molar refractivity (Wildman–Crippen MR) is 72.0 cm³/mol. The van der Waals surface area contributed by atoms with Crippen molar-refractivity contribution >= 4 is 22.5 Å². The minimum absolute atomic E-state index is 0.202. The molecule has 1 aliphatic heterocycles. The lowest BCUT2D eigenvalue weighted by Gasteiger charge is -2.27. The van der Waals surface area contributed by atoms with E-state index in [4.69, 9.17) is 0 Å². The molecule has 1 aliphatic rings. The van der Waals surface area contributed by atoms with Gasteiger partial charge in [0.05, 0.1) is 5.25 Å². The molecule has 1 saturated heterocycles. The van der Waals surface area contributed by atoms with Gasteiger partial charge in [-0.1, -0.05) is 6.42 Å². The second kappa shape index (κ2) is 6.87. The van der Waals surface area contributed by atoms with Gasteiger partial charge in [0.1, 0.15) is 9.84 Å². The van der Waals surface area contributed by atoms with Crippen molar-refractivity contribution in [3.05, 3.63) is 0 Å². The molecule has 5 heteroatoms. The Morgan fingerprint density at radius 1 is 1.19 bits per heavy atom. The zero-order chi connectivity index (χ0) is 12.0. The Kier molecular flexibility index (Phi) is 6.15. The van der Waals surface area contributed by atoms with Gasteiger partial charge in [-0.25, -0.2) is 8.42 Å². The summed E-state index contributed by atoms with van der Waals surface area (Å²) >= 11 is 4.13. The van der Waals surface area contributed by atoms with E-state index in [2.05, 4.69) is 17.5 Å². The Morgan fingerprint density at radius 3 is 2.31 bits per heavy atom. The van der Waals surface area contributed by atoms with Gasteiger partial charge in [0, 0.05) is 6.26 Å². The second-order valence-corrected chi connectivity index (χ2v) is 7.43. The molecular formula is C11H23NO2S2. The summed E-state index contributed by atoms with van der Waals surface area (Å²) < 4.78 is 23.1. The number of hydrogen-bond donors (Lipinski definition) is 1. The van der Waals surface area contributed by atoms with Crippen LogP contribution in [0.1, 0.15) is 32.1 Å². The first-order valence-electron chi connectivity index (χ1n) is 6.06. The van der Waals surface area contributed by atoms with Crippen LogP contribution in [0.25, 0.3) is 0 Å². The van der Waals surface area contributed by atoms with E-state index in [1.54, 1.807) is 0 Å². The molecule has 0 bridgehead atoms. The summed E-state index contributed by atoms with van der Waals surface area (Å²) in [7, 11) is -2.90. The van der Waals surface area contributed by atoms with Gasteiger partial charge in [-0.15, -0.1) is 0 Å². The molecule has 0 spiro atoms. The Bertz CT molecular complexity index is 284. The third-order valence-electron chi connectivity index (χ3n) is 3.27. The van der Waals surface area contributed by atoms with Crippen LogP contribution in [0.4, 0.5) is 0 Å². The van der Waals surface area contributed by atoms with Crippen LogP contribution in [-0.2, 0) is 9.84 Å². The highest BCUT2D eigenvalue weighted by Gasteiger charge is 2.21. The highest BCUT2D eigenvalue weighted by Crippen LogP contribution is 2.14. The van der Waals surface area contributed by atoms with Crippen LogP contribution in [0.15, 0.2) is 0 Å². The SMILES string of the molecule is CS(=O)(=O)C(CCS)CCN1CCCCC1. The van der Waals surface area contributed by atoms with E-state index in [0.29, 0.717) is 12.2 Å². The molecule has 96 valence electrons. The van der Waals surface area contributed by atoms with Crippen LogP contribution >= 0.6 is 12.6 Å². The topological polar surface area (TPSA) is 37.4 Å². The maximum atomic E-state index is 11.5. The van der Waals surface area contributed by atoms with Crippen LogP contribution in [0.2, 0.25) is 0 Å². The fraction of sp³-hybridized carbons (Fsp3) is 1.00. The normalized spacial score (nSPS) is 20.9. The Hall–Kier alpha value is 0.260. The Morgan fingerprint density at radius 2 is 1.81 bits per heavy atom. The molecule has 1 rings (SSSR count). The molecule has 0 aromatic carbocycles. The maximum Gasteiger partial charge on any atom is 0.150 e. The zero-order valence-electron chi connectivity index (χ0n) is 10.1. The van der Waals surface area contributed by atoms with Crippen molar-refractivity contribution in [2.45, 2.75) is 37.4 Å². The predicted octanol–water partition coefficient (Wildman–Crippen LogP) is 1.60. The fourth-order valence-electron chi connectivity index (χ4n) is 2.23. The molecular weight excluding hydrogens is 242 g/mol. The third-order valence-corrected chi connectivity index (χ3v) is 5.21. The standard InChI is InChI=1S/C11H23NO2S2/c1-16(13,14)11(6-10-15)5-9-12-7-3-2-4-8-12/h11,15H,2-10H2,1H3. The average molecular weight is 265 g/mol. The van der Waals surface area contributed by atoms with Gasteiger partial charge in [0.25, 0.3) is 0 Å². The van der Waals surface area contributed by atoms with Gasteiger partial charge in [-0.2, -0.15) is 12.6 Å². The lowest BCUT2D eigenvalue weighted by Crippen LogP contribution is -2.34. The largest absolute Gasteiger partial charge is 0.303 e. The van der Waals surface area contributed by atoms with Crippen molar-refractivity contribution < 1.29 is 8.42 Å². The molecule has 0 aromatic rings. The first kappa shape index (κ1) is 14.3. The average Bonchev–Trinajstić information content (AvgIpc) is 2.24. The molecule has 0 saturated carbocycles. The van der Waals surface area contributed by atoms with E-state index in [1.807, 2.05) is 0 Å². The first-order chi connectivity index (χ1) is 7.54. The molecule has 0 N–H and O–H groups in total. The number of likely N-dealkylation sites (tertiary alicyclic amines) is 1. The number of nitrogens with zero attached hydrogens (tertiary/aromatic N) is 1. The van der Waals surface area contributed by atoms with Crippen molar-refractivity contribution in [2.75, 3.05) is 31.6 Å². The van der Waals surface area contributed by atoms with Crippen molar-refractivity contribution in [1.82, 2.24) is 4.90 Å². The summed E-state index contributed by atoms with van der Waals surface area (Å²) in [6.45, 7) is 3.19. The first-order valence-corrected chi connectivity index (χ1v) is 8.65. The minimum Gasteiger partial charge on any atom is -0.303 e. The van der Waals surface area contributed by atoms with E-state index in [0.717, 1.165) is 26.1 Å². The van der Waals surface area contributed by atoms with Crippen LogP contribution in [0.5, 0.6) is 0 Å². The molecule has 1 fully saturated rings. The quantitative estimate of drug-likeness (QED) is 0.741. The van der Waals surface area contributed by atoms with E-state index in [-0.39, 0.29) is 5.25 Å². The smallest absolute Gasteiger partial charge is 0.150 e. The number of piperidine rings is 1. The third kappa shape index (κ3) is 5.06. The Balaban J connectivity index is 2.37. The summed E-state index contributed by atoms with van der Waals surface area (Å²) in [5, 5.41) is -0.202. The molecule has 3 nitrogen and oxygen atoms in total. The molecule has 0 aromatic heterocycles. The van der Waals surface area contributed by atoms with Gasteiger partial charge in [0.15, 0.2) is 0 Å². The number of thiol groups is 1. The molecule has 0 aliphatic carbocycles. The summed E-state index contributed by atoms with van der Waals surface area (Å²) in [4.78, 5) is 2.39. The minimum atomic E-state index is -2.90. The van der Waals surface area contributed by atoms with E-state index in [9.17, 15) is 8.42 Å². The highest BCUT2D eigenvalue weighted by molar-refractivity contribution is 7.91. The summed E-state index contributed by atoms with van der Waals surface area (Å²) in [5.41, 5.74) is 0. The highest BCUT2D eigenvalue weighted by atomic mass is 32.2. The summed E-state index contributed by atoms with van der Waals surface area (Å²) in [5.74, 6) is 0.651. The van der Waals surface area contributed by atoms with E-state index in [1.165, 1.54) is 25.5 Å². The Labute approximate surface area is 105 Å². The van der Waals surface area contributed by atoms with Crippen LogP contribution in [-0.4, -0.2) is 50.2 Å². The van der Waals surface area contributed by atoms with Crippen LogP contribution in [0.3, 0.4) is 0 Å². The molecule has 0 amide bonds. The molecule has 1 atom stereocenters. The van der Waals surface area contributed by atoms with Crippen LogP contribution in [0, 0.1) is 0 Å². The summed E-state index contributed by atoms with van der Waals surface area (Å²) in [6.07, 6.45) is 6.63. The number of hydrogen-bond acceptors (Lipinski definition) is 4. The van der Waals surface area contributed by atoms with Gasteiger partial charge < -0.3 is 4.90 Å².